The number of rotatable bonds is 1. The Bertz CT molecular complexity index is 201. The predicted molar refractivity (Wildman–Crippen MR) is 52.9 cm³/mol. The van der Waals surface area contributed by atoms with Gasteiger partial charge in [0.2, 0.25) is 0 Å². The van der Waals surface area contributed by atoms with Gasteiger partial charge in [-0.25, -0.2) is 0 Å². The summed E-state index contributed by atoms with van der Waals surface area (Å²) in [6, 6.07) is 0. The van der Waals surface area contributed by atoms with E-state index in [4.69, 9.17) is 9.47 Å². The molecule has 1 spiro atoms. The van der Waals surface area contributed by atoms with Crippen molar-refractivity contribution in [1.29, 1.82) is 0 Å². The van der Waals surface area contributed by atoms with Crippen molar-refractivity contribution in [3.05, 3.63) is 0 Å². The second-order valence-corrected chi connectivity index (χ2v) is 4.96. The first-order chi connectivity index (χ1) is 6.55. The minimum Gasteiger partial charge on any atom is -0.390 e. The smallest absolute Gasteiger partial charge is 0.173 e. The molecule has 0 bridgehead atoms. The molecule has 0 radical (unpaired) electrons. The summed E-state index contributed by atoms with van der Waals surface area (Å²) in [7, 11) is 0. The lowest BCUT2D eigenvalue weighted by Gasteiger charge is -2.45. The molecular formula is C11H20O3. The van der Waals surface area contributed by atoms with E-state index in [0.717, 1.165) is 19.3 Å². The molecule has 0 aromatic carbocycles. The summed E-state index contributed by atoms with van der Waals surface area (Å²) in [4.78, 5) is 0. The Kier molecular flexibility index (Phi) is 2.58. The molecule has 2 rings (SSSR count). The Morgan fingerprint density at radius 1 is 1.21 bits per heavy atom. The van der Waals surface area contributed by atoms with Crippen LogP contribution in [0.3, 0.4) is 0 Å². The maximum absolute atomic E-state index is 10.1. The first-order valence-electron chi connectivity index (χ1n) is 5.55. The van der Waals surface area contributed by atoms with Gasteiger partial charge in [-0.15, -0.1) is 0 Å². The SMILES string of the molecule is CC(C)(O)C1CCCCC12OCCO2. The molecular weight excluding hydrogens is 180 g/mol. The molecule has 1 unspecified atom stereocenters. The third kappa shape index (κ3) is 1.69. The fourth-order valence-corrected chi connectivity index (χ4v) is 2.82. The predicted octanol–water partition coefficient (Wildman–Crippen LogP) is 1.69. The monoisotopic (exact) mass is 200 g/mol. The van der Waals surface area contributed by atoms with Crippen molar-refractivity contribution in [2.75, 3.05) is 13.2 Å². The van der Waals surface area contributed by atoms with Gasteiger partial charge < -0.3 is 14.6 Å². The second-order valence-electron chi connectivity index (χ2n) is 4.96. The highest BCUT2D eigenvalue weighted by molar-refractivity contribution is 4.94. The fraction of sp³-hybridized carbons (Fsp3) is 1.00. The summed E-state index contributed by atoms with van der Waals surface area (Å²) in [5.41, 5.74) is -0.704. The Balaban J connectivity index is 2.19. The van der Waals surface area contributed by atoms with E-state index in [0.29, 0.717) is 13.2 Å². The van der Waals surface area contributed by atoms with E-state index in [1.807, 2.05) is 13.8 Å². The molecule has 1 heterocycles. The Hall–Kier alpha value is -0.120. The van der Waals surface area contributed by atoms with Crippen molar-refractivity contribution in [3.63, 3.8) is 0 Å². The zero-order valence-electron chi connectivity index (χ0n) is 9.08. The standard InChI is InChI=1S/C11H20O3/c1-10(2,12)9-5-3-4-6-11(9)13-7-8-14-11/h9,12H,3-8H2,1-2H3. The molecule has 3 heteroatoms. The summed E-state index contributed by atoms with van der Waals surface area (Å²) < 4.78 is 11.5. The van der Waals surface area contributed by atoms with Gasteiger partial charge in [0.15, 0.2) is 5.79 Å². The molecule has 0 aromatic heterocycles. The van der Waals surface area contributed by atoms with Crippen LogP contribution in [0.2, 0.25) is 0 Å². The van der Waals surface area contributed by atoms with E-state index in [1.165, 1.54) is 6.42 Å². The van der Waals surface area contributed by atoms with E-state index in [1.54, 1.807) is 0 Å². The molecule has 1 atom stereocenters. The molecule has 1 saturated carbocycles. The summed E-state index contributed by atoms with van der Waals surface area (Å²) in [6.45, 7) is 5.06. The lowest BCUT2D eigenvalue weighted by Crippen LogP contribution is -2.51. The molecule has 2 aliphatic rings. The number of aliphatic hydroxyl groups is 1. The zero-order chi connectivity index (χ0) is 10.2. The number of hydrogen-bond acceptors (Lipinski definition) is 3. The Morgan fingerprint density at radius 3 is 2.43 bits per heavy atom. The highest BCUT2D eigenvalue weighted by Crippen LogP contribution is 2.45. The summed E-state index contributed by atoms with van der Waals surface area (Å²) in [5, 5.41) is 10.1. The van der Waals surface area contributed by atoms with Crippen LogP contribution >= 0.6 is 0 Å². The minimum absolute atomic E-state index is 0.117. The molecule has 1 saturated heterocycles. The molecule has 3 nitrogen and oxygen atoms in total. The van der Waals surface area contributed by atoms with Crippen LogP contribution in [0.4, 0.5) is 0 Å². The van der Waals surface area contributed by atoms with Crippen molar-refractivity contribution in [3.8, 4) is 0 Å². The summed E-state index contributed by atoms with van der Waals surface area (Å²) in [6.07, 6.45) is 4.25. The third-order valence-corrected chi connectivity index (χ3v) is 3.43. The van der Waals surface area contributed by atoms with Gasteiger partial charge in [0.1, 0.15) is 0 Å². The molecule has 1 aliphatic carbocycles. The number of ether oxygens (including phenoxy) is 2. The van der Waals surface area contributed by atoms with E-state index >= 15 is 0 Å². The van der Waals surface area contributed by atoms with Crippen molar-refractivity contribution >= 4 is 0 Å². The minimum atomic E-state index is -0.704. The maximum atomic E-state index is 10.1. The normalized spacial score (nSPS) is 32.4. The average molecular weight is 200 g/mol. The Labute approximate surface area is 85.4 Å². The highest BCUT2D eigenvalue weighted by Gasteiger charge is 2.51. The van der Waals surface area contributed by atoms with Crippen LogP contribution in [0.1, 0.15) is 39.5 Å². The van der Waals surface area contributed by atoms with Crippen LogP contribution in [-0.2, 0) is 9.47 Å². The lowest BCUT2D eigenvalue weighted by molar-refractivity contribution is -0.248. The Morgan fingerprint density at radius 2 is 1.86 bits per heavy atom. The number of hydrogen-bond donors (Lipinski definition) is 1. The van der Waals surface area contributed by atoms with Gasteiger partial charge in [0, 0.05) is 12.3 Å². The van der Waals surface area contributed by atoms with Gasteiger partial charge in [0.25, 0.3) is 0 Å². The van der Waals surface area contributed by atoms with Gasteiger partial charge in [-0.05, 0) is 26.7 Å². The molecule has 2 fully saturated rings. The van der Waals surface area contributed by atoms with E-state index in [-0.39, 0.29) is 5.92 Å². The van der Waals surface area contributed by atoms with Gasteiger partial charge in [-0.3, -0.25) is 0 Å². The summed E-state index contributed by atoms with van der Waals surface area (Å²) in [5.74, 6) is -0.359. The van der Waals surface area contributed by atoms with Crippen LogP contribution in [0.5, 0.6) is 0 Å². The van der Waals surface area contributed by atoms with Crippen LogP contribution in [0.25, 0.3) is 0 Å². The topological polar surface area (TPSA) is 38.7 Å². The van der Waals surface area contributed by atoms with Gasteiger partial charge in [-0.1, -0.05) is 6.42 Å². The molecule has 0 aromatic rings. The molecule has 1 aliphatic heterocycles. The fourth-order valence-electron chi connectivity index (χ4n) is 2.82. The summed E-state index contributed by atoms with van der Waals surface area (Å²) >= 11 is 0. The van der Waals surface area contributed by atoms with E-state index in [9.17, 15) is 5.11 Å². The van der Waals surface area contributed by atoms with Crippen molar-refractivity contribution in [1.82, 2.24) is 0 Å². The van der Waals surface area contributed by atoms with Crippen LogP contribution in [-0.4, -0.2) is 29.7 Å². The molecule has 0 amide bonds. The van der Waals surface area contributed by atoms with Crippen LogP contribution < -0.4 is 0 Å². The van der Waals surface area contributed by atoms with Crippen molar-refractivity contribution < 1.29 is 14.6 Å². The first-order valence-corrected chi connectivity index (χ1v) is 5.55. The van der Waals surface area contributed by atoms with Crippen LogP contribution in [0.15, 0.2) is 0 Å². The van der Waals surface area contributed by atoms with Crippen molar-refractivity contribution in [2.24, 2.45) is 5.92 Å². The average Bonchev–Trinajstić information content (AvgIpc) is 2.52. The maximum Gasteiger partial charge on any atom is 0.173 e. The largest absolute Gasteiger partial charge is 0.390 e. The van der Waals surface area contributed by atoms with E-state index < -0.39 is 11.4 Å². The zero-order valence-corrected chi connectivity index (χ0v) is 9.08. The van der Waals surface area contributed by atoms with E-state index in [2.05, 4.69) is 0 Å². The molecule has 14 heavy (non-hydrogen) atoms. The lowest BCUT2D eigenvalue weighted by atomic mass is 9.74. The quantitative estimate of drug-likeness (QED) is 0.700. The molecule has 82 valence electrons. The van der Waals surface area contributed by atoms with Gasteiger partial charge in [-0.2, -0.15) is 0 Å². The van der Waals surface area contributed by atoms with Gasteiger partial charge in [0.05, 0.1) is 18.8 Å². The van der Waals surface area contributed by atoms with Gasteiger partial charge >= 0.3 is 0 Å². The first kappa shape index (κ1) is 10.4. The molecule has 1 N–H and O–H groups in total. The van der Waals surface area contributed by atoms with Crippen LogP contribution in [0, 0.1) is 5.92 Å². The third-order valence-electron chi connectivity index (χ3n) is 3.43. The second kappa shape index (κ2) is 3.47. The highest BCUT2D eigenvalue weighted by atomic mass is 16.7. The van der Waals surface area contributed by atoms with Crippen molar-refractivity contribution in [2.45, 2.75) is 50.9 Å².